The van der Waals surface area contributed by atoms with Gasteiger partial charge in [0.25, 0.3) is 5.56 Å². The number of benzene rings is 1. The lowest BCUT2D eigenvalue weighted by atomic mass is 10.1. The molecule has 1 amide bonds. The Morgan fingerprint density at radius 2 is 1.80 bits per heavy atom. The number of hydrogen-bond donors (Lipinski definition) is 1. The van der Waals surface area contributed by atoms with Gasteiger partial charge in [-0.2, -0.15) is 0 Å². The van der Waals surface area contributed by atoms with Crippen LogP contribution in [-0.4, -0.2) is 63.6 Å². The number of carbonyl (C=O) groups is 1. The van der Waals surface area contributed by atoms with E-state index in [0.29, 0.717) is 11.5 Å². The first-order valence-corrected chi connectivity index (χ1v) is 9.76. The maximum atomic E-state index is 12.4. The van der Waals surface area contributed by atoms with E-state index < -0.39 is 0 Å². The van der Waals surface area contributed by atoms with Crippen molar-refractivity contribution in [1.82, 2.24) is 24.4 Å². The van der Waals surface area contributed by atoms with Crippen molar-refractivity contribution < 1.29 is 4.79 Å². The molecule has 1 fully saturated rings. The Kier molecular flexibility index (Phi) is 5.80. The molecule has 2 aromatic heterocycles. The van der Waals surface area contributed by atoms with Gasteiger partial charge >= 0.3 is 0 Å². The Morgan fingerprint density at radius 1 is 1.03 bits per heavy atom. The van der Waals surface area contributed by atoms with Gasteiger partial charge in [-0.15, -0.1) is 0 Å². The van der Waals surface area contributed by atoms with Crippen LogP contribution in [0.25, 0.3) is 11.3 Å². The average Bonchev–Trinajstić information content (AvgIpc) is 2.76. The number of nitrogens with zero attached hydrogens (tertiary/aromatic N) is 6. The van der Waals surface area contributed by atoms with Crippen LogP contribution in [0.4, 0.5) is 11.6 Å². The number of amides is 1. The smallest absolute Gasteiger partial charge is 0.254 e. The highest BCUT2D eigenvalue weighted by molar-refractivity contribution is 5.89. The largest absolute Gasteiger partial charge is 0.354 e. The fourth-order valence-corrected chi connectivity index (χ4v) is 3.27. The minimum Gasteiger partial charge on any atom is -0.354 e. The summed E-state index contributed by atoms with van der Waals surface area (Å²) in [4.78, 5) is 42.0. The van der Waals surface area contributed by atoms with E-state index in [1.54, 1.807) is 6.07 Å². The van der Waals surface area contributed by atoms with Gasteiger partial charge in [-0.25, -0.2) is 15.0 Å². The van der Waals surface area contributed by atoms with Crippen LogP contribution in [-0.2, 0) is 11.3 Å². The summed E-state index contributed by atoms with van der Waals surface area (Å²) in [5.74, 6) is 0.833. The predicted molar refractivity (Wildman–Crippen MR) is 114 cm³/mol. The normalized spacial score (nSPS) is 14.5. The SMILES string of the molecule is CN1CCN(c2cc(NC(=O)Cn3cnc(-c4ccccc4)cc3=O)ncn2)CC1. The van der Waals surface area contributed by atoms with Gasteiger partial charge < -0.3 is 15.1 Å². The van der Waals surface area contributed by atoms with Crippen molar-refractivity contribution in [2.45, 2.75) is 6.54 Å². The summed E-state index contributed by atoms with van der Waals surface area (Å²) in [6.45, 7) is 3.52. The zero-order valence-electron chi connectivity index (χ0n) is 16.7. The van der Waals surface area contributed by atoms with Crippen LogP contribution in [0.1, 0.15) is 0 Å². The number of aromatic nitrogens is 4. The fourth-order valence-electron chi connectivity index (χ4n) is 3.27. The van der Waals surface area contributed by atoms with Gasteiger partial charge in [-0.3, -0.25) is 14.2 Å². The second kappa shape index (κ2) is 8.83. The van der Waals surface area contributed by atoms with Crippen LogP contribution in [0.5, 0.6) is 0 Å². The molecule has 3 aromatic rings. The van der Waals surface area contributed by atoms with E-state index in [1.807, 2.05) is 30.3 Å². The predicted octanol–water partition coefficient (Wildman–Crippen LogP) is 1.09. The summed E-state index contributed by atoms with van der Waals surface area (Å²) in [6, 6.07) is 12.6. The Bertz CT molecular complexity index is 1080. The van der Waals surface area contributed by atoms with E-state index in [1.165, 1.54) is 23.3 Å². The van der Waals surface area contributed by atoms with Crippen molar-refractivity contribution in [2.75, 3.05) is 43.4 Å². The number of hydrogen-bond acceptors (Lipinski definition) is 7. The lowest BCUT2D eigenvalue weighted by molar-refractivity contribution is -0.116. The van der Waals surface area contributed by atoms with Gasteiger partial charge in [-0.05, 0) is 7.05 Å². The summed E-state index contributed by atoms with van der Waals surface area (Å²) in [6.07, 6.45) is 2.82. The van der Waals surface area contributed by atoms with Gasteiger partial charge in [0.05, 0.1) is 12.0 Å². The molecule has 0 saturated carbocycles. The summed E-state index contributed by atoms with van der Waals surface area (Å²) >= 11 is 0. The standard InChI is InChI=1S/C21H23N7O2/c1-26-7-9-27(10-8-26)19-12-18(22-14-23-19)25-20(29)13-28-15-24-17(11-21(28)30)16-5-3-2-4-6-16/h2-6,11-12,14-15H,7-10,13H2,1H3,(H,22,23,25,29). The number of nitrogens with one attached hydrogen (secondary N) is 1. The zero-order valence-corrected chi connectivity index (χ0v) is 16.7. The van der Waals surface area contributed by atoms with E-state index in [4.69, 9.17) is 0 Å². The molecular formula is C21H23N7O2. The topological polar surface area (TPSA) is 96.2 Å². The van der Waals surface area contributed by atoms with Gasteiger partial charge in [0.15, 0.2) is 0 Å². The third-order valence-corrected chi connectivity index (χ3v) is 5.01. The van der Waals surface area contributed by atoms with Gasteiger partial charge in [0.2, 0.25) is 5.91 Å². The molecule has 9 nitrogen and oxygen atoms in total. The van der Waals surface area contributed by atoms with E-state index in [0.717, 1.165) is 37.6 Å². The Hall–Kier alpha value is -3.59. The van der Waals surface area contributed by atoms with Gasteiger partial charge in [0, 0.05) is 43.9 Å². The molecule has 1 aliphatic rings. The highest BCUT2D eigenvalue weighted by Gasteiger charge is 2.16. The Balaban J connectivity index is 1.41. The van der Waals surface area contributed by atoms with Crippen molar-refractivity contribution in [1.29, 1.82) is 0 Å². The van der Waals surface area contributed by atoms with Crippen molar-refractivity contribution in [3.05, 3.63) is 65.5 Å². The van der Waals surface area contributed by atoms with Crippen LogP contribution in [0.2, 0.25) is 0 Å². The summed E-state index contributed by atoms with van der Waals surface area (Å²) in [5, 5.41) is 2.74. The van der Waals surface area contributed by atoms with Crippen LogP contribution in [0, 0.1) is 0 Å². The third kappa shape index (κ3) is 4.69. The first kappa shape index (κ1) is 19.7. The fraction of sp³-hybridized carbons (Fsp3) is 0.286. The maximum absolute atomic E-state index is 12.4. The molecular weight excluding hydrogens is 382 g/mol. The van der Waals surface area contributed by atoms with Gasteiger partial charge in [0.1, 0.15) is 24.5 Å². The number of anilines is 2. The Labute approximate surface area is 174 Å². The molecule has 0 aliphatic carbocycles. The molecule has 4 rings (SSSR count). The van der Waals surface area contributed by atoms with E-state index in [9.17, 15) is 9.59 Å². The molecule has 1 saturated heterocycles. The highest BCUT2D eigenvalue weighted by atomic mass is 16.2. The minimum atomic E-state index is -0.352. The summed E-state index contributed by atoms with van der Waals surface area (Å²) < 4.78 is 1.27. The van der Waals surface area contributed by atoms with E-state index in [2.05, 4.69) is 37.1 Å². The maximum Gasteiger partial charge on any atom is 0.254 e. The third-order valence-electron chi connectivity index (χ3n) is 5.01. The molecule has 3 heterocycles. The molecule has 1 aromatic carbocycles. The molecule has 1 aliphatic heterocycles. The molecule has 0 radical (unpaired) electrons. The second-order valence-corrected chi connectivity index (χ2v) is 7.21. The molecule has 154 valence electrons. The molecule has 0 spiro atoms. The molecule has 9 heteroatoms. The quantitative estimate of drug-likeness (QED) is 0.679. The molecule has 0 atom stereocenters. The number of carbonyl (C=O) groups excluding carboxylic acids is 1. The van der Waals surface area contributed by atoms with Crippen LogP contribution >= 0.6 is 0 Å². The molecule has 1 N–H and O–H groups in total. The van der Waals surface area contributed by atoms with Gasteiger partial charge in [-0.1, -0.05) is 30.3 Å². The van der Waals surface area contributed by atoms with Crippen LogP contribution < -0.4 is 15.8 Å². The highest BCUT2D eigenvalue weighted by Crippen LogP contribution is 2.16. The van der Waals surface area contributed by atoms with E-state index in [-0.39, 0.29) is 18.0 Å². The number of rotatable bonds is 5. The van der Waals surface area contributed by atoms with Crippen LogP contribution in [0.15, 0.2) is 59.9 Å². The monoisotopic (exact) mass is 405 g/mol. The van der Waals surface area contributed by atoms with Crippen LogP contribution in [0.3, 0.4) is 0 Å². The summed E-state index contributed by atoms with van der Waals surface area (Å²) in [5.41, 5.74) is 1.13. The number of piperazine rings is 1. The second-order valence-electron chi connectivity index (χ2n) is 7.21. The summed E-state index contributed by atoms with van der Waals surface area (Å²) in [7, 11) is 2.09. The first-order valence-electron chi connectivity index (χ1n) is 9.76. The minimum absolute atomic E-state index is 0.144. The first-order chi connectivity index (χ1) is 14.6. The van der Waals surface area contributed by atoms with Crippen molar-refractivity contribution in [3.63, 3.8) is 0 Å². The lowest BCUT2D eigenvalue weighted by Crippen LogP contribution is -2.44. The Morgan fingerprint density at radius 3 is 2.53 bits per heavy atom. The van der Waals surface area contributed by atoms with E-state index >= 15 is 0 Å². The molecule has 0 unspecified atom stereocenters. The zero-order chi connectivity index (χ0) is 20.9. The average molecular weight is 405 g/mol. The molecule has 0 bridgehead atoms. The van der Waals surface area contributed by atoms with Crippen molar-refractivity contribution >= 4 is 17.5 Å². The molecule has 30 heavy (non-hydrogen) atoms. The van der Waals surface area contributed by atoms with Crippen molar-refractivity contribution in [3.8, 4) is 11.3 Å². The number of likely N-dealkylation sites (N-methyl/N-ethyl adjacent to an activating group) is 1. The van der Waals surface area contributed by atoms with Crippen molar-refractivity contribution in [2.24, 2.45) is 0 Å². The lowest BCUT2D eigenvalue weighted by Gasteiger charge is -2.33.